The van der Waals surface area contributed by atoms with Crippen LogP contribution in [0.5, 0.6) is 5.75 Å². The summed E-state index contributed by atoms with van der Waals surface area (Å²) in [6.45, 7) is 2.44. The summed E-state index contributed by atoms with van der Waals surface area (Å²) in [6.07, 6.45) is 1.94. The monoisotopic (exact) mass is 250 g/mol. The van der Waals surface area contributed by atoms with Gasteiger partial charge in [-0.3, -0.25) is 9.59 Å². The van der Waals surface area contributed by atoms with Gasteiger partial charge in [0.1, 0.15) is 5.75 Å². The molecule has 1 aromatic rings. The number of primary amides is 1. The van der Waals surface area contributed by atoms with Crippen molar-refractivity contribution < 1.29 is 14.3 Å². The van der Waals surface area contributed by atoms with Gasteiger partial charge in [0.05, 0.1) is 5.56 Å². The molecule has 0 radical (unpaired) electrons. The fraction of sp³-hybridized carbons (Fsp3) is 0.385. The van der Waals surface area contributed by atoms with Crippen molar-refractivity contribution in [3.05, 3.63) is 29.8 Å². The van der Waals surface area contributed by atoms with Crippen LogP contribution in [0.1, 0.15) is 30.1 Å². The lowest BCUT2D eigenvalue weighted by molar-refractivity contribution is -0.119. The zero-order valence-corrected chi connectivity index (χ0v) is 10.4. The lowest BCUT2D eigenvalue weighted by atomic mass is 10.2. The third kappa shape index (κ3) is 4.45. The minimum atomic E-state index is -0.573. The Morgan fingerprint density at radius 2 is 2.06 bits per heavy atom. The zero-order chi connectivity index (χ0) is 13.4. The Kier molecular flexibility index (Phi) is 5.70. The van der Waals surface area contributed by atoms with Gasteiger partial charge >= 0.3 is 0 Å². The van der Waals surface area contributed by atoms with Crippen LogP contribution in [-0.4, -0.2) is 25.0 Å². The molecule has 5 heteroatoms. The highest BCUT2D eigenvalue weighted by Crippen LogP contribution is 2.17. The largest absolute Gasteiger partial charge is 0.483 e. The summed E-state index contributed by atoms with van der Waals surface area (Å²) in [4.78, 5) is 22.5. The molecule has 0 aromatic heterocycles. The van der Waals surface area contributed by atoms with Gasteiger partial charge in [-0.15, -0.1) is 0 Å². The van der Waals surface area contributed by atoms with Crippen molar-refractivity contribution in [2.24, 2.45) is 5.73 Å². The van der Waals surface area contributed by atoms with Gasteiger partial charge in [-0.05, 0) is 18.6 Å². The minimum absolute atomic E-state index is 0.205. The molecular weight excluding hydrogens is 232 g/mol. The standard InChI is InChI=1S/C13H18N2O3/c1-2-3-8-15-13(17)10-6-4-5-7-11(10)18-9-12(14)16/h4-7H,2-3,8-9H2,1H3,(H2,14,16)(H,15,17). The van der Waals surface area contributed by atoms with E-state index < -0.39 is 5.91 Å². The number of nitrogens with one attached hydrogen (secondary N) is 1. The van der Waals surface area contributed by atoms with E-state index in [2.05, 4.69) is 12.2 Å². The van der Waals surface area contributed by atoms with Crippen LogP contribution < -0.4 is 15.8 Å². The van der Waals surface area contributed by atoms with Crippen LogP contribution in [-0.2, 0) is 4.79 Å². The van der Waals surface area contributed by atoms with Crippen molar-refractivity contribution >= 4 is 11.8 Å². The number of ether oxygens (including phenoxy) is 1. The number of para-hydroxylation sites is 1. The van der Waals surface area contributed by atoms with E-state index in [4.69, 9.17) is 10.5 Å². The molecule has 18 heavy (non-hydrogen) atoms. The number of hydrogen-bond acceptors (Lipinski definition) is 3. The molecule has 0 aliphatic heterocycles. The number of nitrogens with two attached hydrogens (primary N) is 1. The molecule has 2 amide bonds. The van der Waals surface area contributed by atoms with Crippen molar-refractivity contribution in [2.45, 2.75) is 19.8 Å². The highest BCUT2D eigenvalue weighted by atomic mass is 16.5. The number of carbonyl (C=O) groups is 2. The van der Waals surface area contributed by atoms with Gasteiger partial charge < -0.3 is 15.8 Å². The first kappa shape index (κ1) is 14.0. The number of rotatable bonds is 7. The van der Waals surface area contributed by atoms with Gasteiger partial charge in [0.15, 0.2) is 6.61 Å². The van der Waals surface area contributed by atoms with Crippen molar-refractivity contribution in [1.82, 2.24) is 5.32 Å². The fourth-order valence-electron chi connectivity index (χ4n) is 1.40. The molecule has 0 aliphatic carbocycles. The Morgan fingerprint density at radius 1 is 1.33 bits per heavy atom. The molecule has 3 N–H and O–H groups in total. The Balaban J connectivity index is 2.68. The summed E-state index contributed by atoms with van der Waals surface area (Å²) in [5, 5.41) is 2.79. The lowest BCUT2D eigenvalue weighted by Gasteiger charge is -2.10. The molecule has 0 unspecified atom stereocenters. The van der Waals surface area contributed by atoms with Crippen LogP contribution in [0.2, 0.25) is 0 Å². The predicted molar refractivity (Wildman–Crippen MR) is 68.4 cm³/mol. The van der Waals surface area contributed by atoms with Crippen LogP contribution in [0.3, 0.4) is 0 Å². The van der Waals surface area contributed by atoms with E-state index in [0.29, 0.717) is 17.9 Å². The molecule has 0 heterocycles. The van der Waals surface area contributed by atoms with Crippen LogP contribution in [0.15, 0.2) is 24.3 Å². The maximum Gasteiger partial charge on any atom is 0.255 e. The topological polar surface area (TPSA) is 81.4 Å². The number of unbranched alkanes of at least 4 members (excludes halogenated alkanes) is 1. The van der Waals surface area contributed by atoms with Crippen LogP contribution in [0.25, 0.3) is 0 Å². The van der Waals surface area contributed by atoms with Gasteiger partial charge in [-0.1, -0.05) is 25.5 Å². The summed E-state index contributed by atoms with van der Waals surface area (Å²) in [5.74, 6) is -0.412. The second kappa shape index (κ2) is 7.32. The van der Waals surface area contributed by atoms with Gasteiger partial charge in [-0.2, -0.15) is 0 Å². The van der Waals surface area contributed by atoms with E-state index >= 15 is 0 Å². The molecule has 0 bridgehead atoms. The smallest absolute Gasteiger partial charge is 0.255 e. The SMILES string of the molecule is CCCCNC(=O)c1ccccc1OCC(N)=O. The Bertz CT molecular complexity index is 418. The fourth-order valence-corrected chi connectivity index (χ4v) is 1.40. The van der Waals surface area contributed by atoms with Gasteiger partial charge in [0, 0.05) is 6.54 Å². The Hall–Kier alpha value is -2.04. The third-order valence-electron chi connectivity index (χ3n) is 2.32. The second-order valence-corrected chi connectivity index (χ2v) is 3.86. The number of benzene rings is 1. The van der Waals surface area contributed by atoms with Crippen LogP contribution >= 0.6 is 0 Å². The summed E-state index contributed by atoms with van der Waals surface area (Å²) < 4.78 is 5.19. The summed E-state index contributed by atoms with van der Waals surface area (Å²) in [7, 11) is 0. The Morgan fingerprint density at radius 3 is 2.72 bits per heavy atom. The van der Waals surface area contributed by atoms with Gasteiger partial charge in [0.25, 0.3) is 11.8 Å². The van der Waals surface area contributed by atoms with E-state index in [9.17, 15) is 9.59 Å². The first-order valence-corrected chi connectivity index (χ1v) is 5.93. The van der Waals surface area contributed by atoms with Crippen molar-refractivity contribution in [2.75, 3.05) is 13.2 Å². The molecule has 0 saturated heterocycles. The van der Waals surface area contributed by atoms with E-state index in [1.54, 1.807) is 24.3 Å². The normalized spacial score (nSPS) is 9.83. The molecule has 0 aliphatic rings. The maximum atomic E-state index is 11.9. The van der Waals surface area contributed by atoms with Gasteiger partial charge in [0.2, 0.25) is 0 Å². The Labute approximate surface area is 106 Å². The number of carbonyl (C=O) groups excluding carboxylic acids is 2. The average Bonchev–Trinajstić information content (AvgIpc) is 2.37. The minimum Gasteiger partial charge on any atom is -0.483 e. The third-order valence-corrected chi connectivity index (χ3v) is 2.32. The molecule has 0 fully saturated rings. The molecular formula is C13H18N2O3. The van der Waals surface area contributed by atoms with Crippen molar-refractivity contribution in [1.29, 1.82) is 0 Å². The van der Waals surface area contributed by atoms with Crippen molar-refractivity contribution in [3.63, 3.8) is 0 Å². The molecule has 98 valence electrons. The summed E-state index contributed by atoms with van der Waals surface area (Å²) >= 11 is 0. The summed E-state index contributed by atoms with van der Waals surface area (Å²) in [5.41, 5.74) is 5.41. The molecule has 0 spiro atoms. The van der Waals surface area contributed by atoms with Gasteiger partial charge in [-0.25, -0.2) is 0 Å². The first-order chi connectivity index (χ1) is 8.65. The zero-order valence-electron chi connectivity index (χ0n) is 10.4. The highest BCUT2D eigenvalue weighted by molar-refractivity contribution is 5.97. The van der Waals surface area contributed by atoms with E-state index in [0.717, 1.165) is 12.8 Å². The number of amides is 2. The average molecular weight is 250 g/mol. The van der Waals surface area contributed by atoms with E-state index in [1.165, 1.54) is 0 Å². The predicted octanol–water partition coefficient (Wildman–Crippen LogP) is 1.08. The first-order valence-electron chi connectivity index (χ1n) is 5.93. The van der Waals surface area contributed by atoms with Crippen molar-refractivity contribution in [3.8, 4) is 5.75 Å². The second-order valence-electron chi connectivity index (χ2n) is 3.86. The quantitative estimate of drug-likeness (QED) is 0.710. The molecule has 5 nitrogen and oxygen atoms in total. The lowest BCUT2D eigenvalue weighted by Crippen LogP contribution is -2.26. The highest BCUT2D eigenvalue weighted by Gasteiger charge is 2.11. The molecule has 0 atom stereocenters. The van der Waals surface area contributed by atoms with E-state index in [1.807, 2.05) is 0 Å². The van der Waals surface area contributed by atoms with E-state index in [-0.39, 0.29) is 12.5 Å². The molecule has 1 aromatic carbocycles. The maximum absolute atomic E-state index is 11.9. The summed E-state index contributed by atoms with van der Waals surface area (Å²) in [6, 6.07) is 6.76. The van der Waals surface area contributed by atoms with Crippen LogP contribution in [0.4, 0.5) is 0 Å². The molecule has 1 rings (SSSR count). The number of hydrogen-bond donors (Lipinski definition) is 2. The molecule has 0 saturated carbocycles. The van der Waals surface area contributed by atoms with Crippen LogP contribution in [0, 0.1) is 0 Å².